The predicted molar refractivity (Wildman–Crippen MR) is 112 cm³/mol. The molecule has 0 unspecified atom stereocenters. The minimum atomic E-state index is -0.0689. The quantitative estimate of drug-likeness (QED) is 0.757. The molecule has 2 aromatic rings. The fourth-order valence-electron chi connectivity index (χ4n) is 3.40. The van der Waals surface area contributed by atoms with Crippen molar-refractivity contribution in [3.8, 4) is 11.1 Å². The van der Waals surface area contributed by atoms with Crippen LogP contribution in [0.3, 0.4) is 0 Å². The first-order chi connectivity index (χ1) is 14.2. The molecule has 0 radical (unpaired) electrons. The Hall–Kier alpha value is -2.70. The molecule has 4 rings (SSSR count). The van der Waals surface area contributed by atoms with E-state index in [0.717, 1.165) is 56.8 Å². The summed E-state index contributed by atoms with van der Waals surface area (Å²) in [6, 6.07) is 15.5. The zero-order valence-electron chi connectivity index (χ0n) is 16.5. The molecule has 1 saturated carbocycles. The molecule has 0 atom stereocenters. The van der Waals surface area contributed by atoms with Gasteiger partial charge in [0.1, 0.15) is 0 Å². The van der Waals surface area contributed by atoms with E-state index in [1.807, 2.05) is 48.5 Å². The number of nitrogens with one attached hydrogen (secondary N) is 2. The summed E-state index contributed by atoms with van der Waals surface area (Å²) < 4.78 is 5.34. The third kappa shape index (κ3) is 5.43. The molecular formula is C23H27N3O3. The summed E-state index contributed by atoms with van der Waals surface area (Å²) >= 11 is 0. The molecule has 6 nitrogen and oxygen atoms in total. The molecule has 152 valence electrons. The van der Waals surface area contributed by atoms with Crippen molar-refractivity contribution < 1.29 is 14.3 Å². The van der Waals surface area contributed by atoms with E-state index in [-0.39, 0.29) is 11.8 Å². The summed E-state index contributed by atoms with van der Waals surface area (Å²) in [7, 11) is 0. The third-order valence-corrected chi connectivity index (χ3v) is 5.34. The SMILES string of the molecule is O=C(NCCN1CCOCC1)c1cccc(-c2ccc(C(=O)NC3CC3)cc2)c1. The van der Waals surface area contributed by atoms with Crippen LogP contribution in [0.2, 0.25) is 0 Å². The smallest absolute Gasteiger partial charge is 0.251 e. The highest BCUT2D eigenvalue weighted by molar-refractivity contribution is 5.96. The van der Waals surface area contributed by atoms with Crippen LogP contribution >= 0.6 is 0 Å². The van der Waals surface area contributed by atoms with E-state index in [0.29, 0.717) is 23.7 Å². The maximum Gasteiger partial charge on any atom is 0.251 e. The zero-order valence-corrected chi connectivity index (χ0v) is 16.5. The summed E-state index contributed by atoms with van der Waals surface area (Å²) in [6.45, 7) is 4.81. The average Bonchev–Trinajstić information content (AvgIpc) is 3.58. The van der Waals surface area contributed by atoms with E-state index in [2.05, 4.69) is 15.5 Å². The molecule has 0 bridgehead atoms. The first-order valence-electron chi connectivity index (χ1n) is 10.3. The maximum absolute atomic E-state index is 12.5. The minimum Gasteiger partial charge on any atom is -0.379 e. The highest BCUT2D eigenvalue weighted by atomic mass is 16.5. The van der Waals surface area contributed by atoms with Gasteiger partial charge >= 0.3 is 0 Å². The Kier molecular flexibility index (Phi) is 6.22. The van der Waals surface area contributed by atoms with Gasteiger partial charge in [0.05, 0.1) is 13.2 Å². The number of hydrogen-bond donors (Lipinski definition) is 2. The second-order valence-electron chi connectivity index (χ2n) is 7.62. The van der Waals surface area contributed by atoms with Crippen molar-refractivity contribution >= 4 is 11.8 Å². The predicted octanol–water partition coefficient (Wildman–Crippen LogP) is 2.31. The van der Waals surface area contributed by atoms with Crippen molar-refractivity contribution in [1.29, 1.82) is 0 Å². The Morgan fingerprint density at radius 1 is 0.931 bits per heavy atom. The lowest BCUT2D eigenvalue weighted by Crippen LogP contribution is -2.41. The van der Waals surface area contributed by atoms with Crippen LogP contribution in [-0.4, -0.2) is 62.1 Å². The molecular weight excluding hydrogens is 366 g/mol. The first kappa shape index (κ1) is 19.6. The van der Waals surface area contributed by atoms with Gasteiger partial charge in [-0.15, -0.1) is 0 Å². The van der Waals surface area contributed by atoms with E-state index < -0.39 is 0 Å². The number of nitrogens with zero attached hydrogens (tertiary/aromatic N) is 1. The summed E-state index contributed by atoms with van der Waals surface area (Å²) in [6.07, 6.45) is 2.15. The second kappa shape index (κ2) is 9.20. The fraction of sp³-hybridized carbons (Fsp3) is 0.391. The standard InChI is InChI=1S/C23H27N3O3/c27-22(24-10-11-26-12-14-29-15-13-26)20-3-1-2-19(16-20)17-4-6-18(7-5-17)23(28)25-21-8-9-21/h1-7,16,21H,8-15H2,(H,24,27)(H,25,28). The molecule has 0 aromatic heterocycles. The summed E-state index contributed by atoms with van der Waals surface area (Å²) in [4.78, 5) is 26.9. The summed E-state index contributed by atoms with van der Waals surface area (Å²) in [5.41, 5.74) is 3.24. The van der Waals surface area contributed by atoms with Crippen molar-refractivity contribution in [3.05, 3.63) is 59.7 Å². The zero-order chi connectivity index (χ0) is 20.1. The number of ether oxygens (including phenoxy) is 1. The van der Waals surface area contributed by atoms with Crippen LogP contribution in [0.5, 0.6) is 0 Å². The van der Waals surface area contributed by atoms with E-state index in [1.165, 1.54) is 0 Å². The van der Waals surface area contributed by atoms with Gasteiger partial charge in [0.25, 0.3) is 11.8 Å². The molecule has 6 heteroatoms. The van der Waals surface area contributed by atoms with Gasteiger partial charge in [-0.3, -0.25) is 14.5 Å². The Balaban J connectivity index is 1.34. The highest BCUT2D eigenvalue weighted by Gasteiger charge is 2.23. The molecule has 2 amide bonds. The largest absolute Gasteiger partial charge is 0.379 e. The molecule has 0 spiro atoms. The number of rotatable bonds is 7. The van der Waals surface area contributed by atoms with Gasteiger partial charge in [-0.25, -0.2) is 0 Å². The van der Waals surface area contributed by atoms with Crippen LogP contribution < -0.4 is 10.6 Å². The number of carbonyl (C=O) groups excluding carboxylic acids is 2. The number of amides is 2. The molecule has 29 heavy (non-hydrogen) atoms. The number of carbonyl (C=O) groups is 2. The lowest BCUT2D eigenvalue weighted by Gasteiger charge is -2.26. The van der Waals surface area contributed by atoms with Gasteiger partial charge in [0.2, 0.25) is 0 Å². The first-order valence-corrected chi connectivity index (χ1v) is 10.3. The van der Waals surface area contributed by atoms with Crippen LogP contribution in [0.15, 0.2) is 48.5 Å². The van der Waals surface area contributed by atoms with E-state index >= 15 is 0 Å². The Morgan fingerprint density at radius 2 is 1.69 bits per heavy atom. The van der Waals surface area contributed by atoms with Gasteiger partial charge in [-0.2, -0.15) is 0 Å². The monoisotopic (exact) mass is 393 g/mol. The second-order valence-corrected chi connectivity index (χ2v) is 7.62. The lowest BCUT2D eigenvalue weighted by atomic mass is 10.0. The Bertz CT molecular complexity index is 856. The summed E-state index contributed by atoms with van der Waals surface area (Å²) in [5, 5.41) is 5.99. The minimum absolute atomic E-state index is 0.0209. The fourth-order valence-corrected chi connectivity index (χ4v) is 3.40. The van der Waals surface area contributed by atoms with Crippen LogP contribution in [0.4, 0.5) is 0 Å². The van der Waals surface area contributed by atoms with Gasteiger partial charge < -0.3 is 15.4 Å². The van der Waals surface area contributed by atoms with Crippen LogP contribution in [-0.2, 0) is 4.74 Å². The molecule has 1 aliphatic heterocycles. The number of morpholine rings is 1. The number of benzene rings is 2. The van der Waals surface area contributed by atoms with Gasteiger partial charge in [-0.05, 0) is 48.2 Å². The van der Waals surface area contributed by atoms with Gasteiger partial charge in [0, 0.05) is 43.3 Å². The van der Waals surface area contributed by atoms with Crippen molar-refractivity contribution in [2.75, 3.05) is 39.4 Å². The summed E-state index contributed by atoms with van der Waals surface area (Å²) in [5.74, 6) is -0.0898. The Labute approximate surface area is 171 Å². The normalized spacial score (nSPS) is 17.0. The van der Waals surface area contributed by atoms with Crippen molar-refractivity contribution in [2.45, 2.75) is 18.9 Å². The van der Waals surface area contributed by atoms with Crippen LogP contribution in [0.25, 0.3) is 11.1 Å². The topological polar surface area (TPSA) is 70.7 Å². The highest BCUT2D eigenvalue weighted by Crippen LogP contribution is 2.22. The van der Waals surface area contributed by atoms with E-state index in [9.17, 15) is 9.59 Å². The molecule has 1 heterocycles. The molecule has 2 aromatic carbocycles. The molecule has 2 aliphatic rings. The Morgan fingerprint density at radius 3 is 2.41 bits per heavy atom. The molecule has 1 saturated heterocycles. The van der Waals surface area contributed by atoms with Crippen LogP contribution in [0, 0.1) is 0 Å². The molecule has 2 fully saturated rings. The maximum atomic E-state index is 12.5. The van der Waals surface area contributed by atoms with Crippen molar-refractivity contribution in [2.24, 2.45) is 0 Å². The molecule has 1 aliphatic carbocycles. The van der Waals surface area contributed by atoms with E-state index in [1.54, 1.807) is 0 Å². The number of hydrogen-bond acceptors (Lipinski definition) is 4. The average molecular weight is 393 g/mol. The van der Waals surface area contributed by atoms with E-state index in [4.69, 9.17) is 4.74 Å². The molecule has 2 N–H and O–H groups in total. The lowest BCUT2D eigenvalue weighted by molar-refractivity contribution is 0.0383. The van der Waals surface area contributed by atoms with Crippen molar-refractivity contribution in [3.63, 3.8) is 0 Å². The van der Waals surface area contributed by atoms with Crippen molar-refractivity contribution in [1.82, 2.24) is 15.5 Å². The van der Waals surface area contributed by atoms with Gasteiger partial charge in [0.15, 0.2) is 0 Å². The van der Waals surface area contributed by atoms with Gasteiger partial charge in [-0.1, -0.05) is 24.3 Å². The van der Waals surface area contributed by atoms with Crippen LogP contribution in [0.1, 0.15) is 33.6 Å². The third-order valence-electron chi connectivity index (χ3n) is 5.34.